The summed E-state index contributed by atoms with van der Waals surface area (Å²) in [5.41, 5.74) is 14.0. The first-order valence-electron chi connectivity index (χ1n) is 5.19. The number of nitrogens with two attached hydrogens (primary N) is 2. The fourth-order valence-corrected chi connectivity index (χ4v) is 1.36. The molecule has 0 unspecified atom stereocenters. The van der Waals surface area contributed by atoms with Crippen molar-refractivity contribution >= 4 is 23.8 Å². The van der Waals surface area contributed by atoms with Gasteiger partial charge in [-0.3, -0.25) is 0 Å². The highest BCUT2D eigenvalue weighted by Crippen LogP contribution is 2.14. The normalized spacial score (nSPS) is 9.81. The number of unbranched alkanes of at least 4 members (excludes halogenated alkanes) is 1. The molecule has 0 aromatic heterocycles. The molecule has 0 atom stereocenters. The highest BCUT2D eigenvalue weighted by molar-refractivity contribution is 5.85. The number of nitrogen functional groups attached to an aromatic ring is 2. The third kappa shape index (κ3) is 5.21. The van der Waals surface area contributed by atoms with Crippen molar-refractivity contribution in [2.75, 3.05) is 24.6 Å². The highest BCUT2D eigenvalue weighted by Gasteiger charge is 1.98. The molecule has 0 aliphatic rings. The van der Waals surface area contributed by atoms with Gasteiger partial charge >= 0.3 is 0 Å². The fourth-order valence-electron chi connectivity index (χ4n) is 1.36. The highest BCUT2D eigenvalue weighted by atomic mass is 35.5. The zero-order valence-corrected chi connectivity index (χ0v) is 10.1. The Kier molecular flexibility index (Phi) is 7.72. The van der Waals surface area contributed by atoms with E-state index in [1.54, 1.807) is 6.07 Å². The van der Waals surface area contributed by atoms with Gasteiger partial charge in [-0.05, 0) is 43.1 Å². The van der Waals surface area contributed by atoms with Gasteiger partial charge in [0.25, 0.3) is 0 Å². The SMILES string of the molecule is Cl.Nc1ccc(N)c(CNCCCCO)c1. The Balaban J connectivity index is 0.00000225. The number of rotatable bonds is 6. The smallest absolute Gasteiger partial charge is 0.0431 e. The molecule has 0 spiro atoms. The van der Waals surface area contributed by atoms with Crippen LogP contribution in [0.25, 0.3) is 0 Å². The van der Waals surface area contributed by atoms with Crippen molar-refractivity contribution < 1.29 is 5.11 Å². The van der Waals surface area contributed by atoms with Crippen LogP contribution < -0.4 is 16.8 Å². The van der Waals surface area contributed by atoms with E-state index >= 15 is 0 Å². The predicted octanol–water partition coefficient (Wildman–Crippen LogP) is 1.13. The Labute approximate surface area is 102 Å². The van der Waals surface area contributed by atoms with Crippen LogP contribution in [0.2, 0.25) is 0 Å². The maximum absolute atomic E-state index is 8.60. The fraction of sp³-hybridized carbons (Fsp3) is 0.455. The summed E-state index contributed by atoms with van der Waals surface area (Å²) in [6.45, 7) is 1.86. The third-order valence-electron chi connectivity index (χ3n) is 2.24. The van der Waals surface area contributed by atoms with E-state index in [1.807, 2.05) is 12.1 Å². The largest absolute Gasteiger partial charge is 0.399 e. The molecular weight excluding hydrogens is 226 g/mol. The summed E-state index contributed by atoms with van der Waals surface area (Å²) >= 11 is 0. The standard InChI is InChI=1S/C11H19N3O.ClH/c12-10-3-4-11(13)9(7-10)8-14-5-1-2-6-15;/h3-4,7,14-15H,1-2,5-6,8,12-13H2;1H. The van der Waals surface area contributed by atoms with Crippen LogP contribution in [0.15, 0.2) is 18.2 Å². The minimum atomic E-state index is 0. The summed E-state index contributed by atoms with van der Waals surface area (Å²) in [6.07, 6.45) is 1.80. The number of hydrogen-bond acceptors (Lipinski definition) is 4. The number of hydrogen-bond donors (Lipinski definition) is 4. The Morgan fingerprint density at radius 2 is 1.94 bits per heavy atom. The molecule has 1 aromatic rings. The molecular formula is C11H20ClN3O. The molecule has 92 valence electrons. The second-order valence-electron chi connectivity index (χ2n) is 3.57. The van der Waals surface area contributed by atoms with Gasteiger partial charge in [-0.2, -0.15) is 0 Å². The van der Waals surface area contributed by atoms with Crippen LogP contribution in [0.5, 0.6) is 0 Å². The molecule has 0 bridgehead atoms. The van der Waals surface area contributed by atoms with Gasteiger partial charge in [0.05, 0.1) is 0 Å². The lowest BCUT2D eigenvalue weighted by Gasteiger charge is -2.08. The van der Waals surface area contributed by atoms with Gasteiger partial charge in [-0.25, -0.2) is 0 Å². The third-order valence-corrected chi connectivity index (χ3v) is 2.24. The van der Waals surface area contributed by atoms with Crippen molar-refractivity contribution in [1.82, 2.24) is 5.32 Å². The molecule has 0 aliphatic heterocycles. The van der Waals surface area contributed by atoms with Gasteiger partial charge < -0.3 is 21.9 Å². The first-order valence-corrected chi connectivity index (χ1v) is 5.19. The van der Waals surface area contributed by atoms with E-state index in [1.165, 1.54) is 0 Å². The van der Waals surface area contributed by atoms with E-state index in [9.17, 15) is 0 Å². The molecule has 4 nitrogen and oxygen atoms in total. The summed E-state index contributed by atoms with van der Waals surface area (Å²) in [5.74, 6) is 0. The second kappa shape index (κ2) is 8.21. The Hall–Kier alpha value is -0.970. The van der Waals surface area contributed by atoms with Gasteiger partial charge in [0.15, 0.2) is 0 Å². The number of benzene rings is 1. The number of aliphatic hydroxyl groups is 1. The number of nitrogens with one attached hydrogen (secondary N) is 1. The van der Waals surface area contributed by atoms with Crippen LogP contribution in [-0.4, -0.2) is 18.3 Å². The van der Waals surface area contributed by atoms with E-state index in [-0.39, 0.29) is 19.0 Å². The van der Waals surface area contributed by atoms with Crippen LogP contribution in [0.3, 0.4) is 0 Å². The van der Waals surface area contributed by atoms with E-state index in [0.29, 0.717) is 0 Å². The molecule has 0 heterocycles. The van der Waals surface area contributed by atoms with Crippen LogP contribution in [0, 0.1) is 0 Å². The lowest BCUT2D eigenvalue weighted by Crippen LogP contribution is -2.16. The zero-order valence-electron chi connectivity index (χ0n) is 9.28. The van der Waals surface area contributed by atoms with Crippen LogP contribution in [-0.2, 0) is 6.54 Å². The summed E-state index contributed by atoms with van der Waals surface area (Å²) in [4.78, 5) is 0. The van der Waals surface area contributed by atoms with Gasteiger partial charge in [0.1, 0.15) is 0 Å². The molecule has 5 heteroatoms. The molecule has 0 saturated carbocycles. The molecule has 0 saturated heterocycles. The summed E-state index contributed by atoms with van der Waals surface area (Å²) < 4.78 is 0. The number of halogens is 1. The van der Waals surface area contributed by atoms with E-state index in [4.69, 9.17) is 16.6 Å². The van der Waals surface area contributed by atoms with Crippen LogP contribution in [0.1, 0.15) is 18.4 Å². The minimum absolute atomic E-state index is 0. The predicted molar refractivity (Wildman–Crippen MR) is 70.5 cm³/mol. The van der Waals surface area contributed by atoms with E-state index in [0.717, 1.165) is 42.9 Å². The monoisotopic (exact) mass is 245 g/mol. The zero-order chi connectivity index (χ0) is 11.1. The van der Waals surface area contributed by atoms with Gasteiger partial charge in [0, 0.05) is 24.5 Å². The van der Waals surface area contributed by atoms with Crippen molar-refractivity contribution in [1.29, 1.82) is 0 Å². The average Bonchev–Trinajstić information content (AvgIpc) is 2.23. The van der Waals surface area contributed by atoms with Crippen molar-refractivity contribution in [2.24, 2.45) is 0 Å². The Bertz CT molecular complexity index is 307. The maximum Gasteiger partial charge on any atom is 0.0431 e. The summed E-state index contributed by atoms with van der Waals surface area (Å²) in [6, 6.07) is 5.50. The molecule has 6 N–H and O–H groups in total. The molecule has 0 fully saturated rings. The number of aliphatic hydroxyl groups excluding tert-OH is 1. The summed E-state index contributed by atoms with van der Waals surface area (Å²) in [5, 5.41) is 11.9. The van der Waals surface area contributed by atoms with Crippen LogP contribution >= 0.6 is 12.4 Å². The Morgan fingerprint density at radius 3 is 2.62 bits per heavy atom. The second-order valence-corrected chi connectivity index (χ2v) is 3.57. The molecule has 16 heavy (non-hydrogen) atoms. The Morgan fingerprint density at radius 1 is 1.19 bits per heavy atom. The van der Waals surface area contributed by atoms with Gasteiger partial charge in [0.2, 0.25) is 0 Å². The van der Waals surface area contributed by atoms with Crippen molar-refractivity contribution in [3.8, 4) is 0 Å². The molecule has 0 aliphatic carbocycles. The summed E-state index contributed by atoms with van der Waals surface area (Å²) in [7, 11) is 0. The van der Waals surface area contributed by atoms with E-state index in [2.05, 4.69) is 5.32 Å². The van der Waals surface area contributed by atoms with Crippen molar-refractivity contribution in [3.05, 3.63) is 23.8 Å². The van der Waals surface area contributed by atoms with E-state index < -0.39 is 0 Å². The molecule has 0 radical (unpaired) electrons. The van der Waals surface area contributed by atoms with Crippen molar-refractivity contribution in [3.63, 3.8) is 0 Å². The van der Waals surface area contributed by atoms with Crippen LogP contribution in [0.4, 0.5) is 11.4 Å². The first-order chi connectivity index (χ1) is 7.24. The molecule has 1 rings (SSSR count). The lowest BCUT2D eigenvalue weighted by atomic mass is 10.1. The minimum Gasteiger partial charge on any atom is -0.399 e. The van der Waals surface area contributed by atoms with Crippen molar-refractivity contribution in [2.45, 2.75) is 19.4 Å². The quantitative estimate of drug-likeness (QED) is 0.447. The lowest BCUT2D eigenvalue weighted by molar-refractivity contribution is 0.283. The topological polar surface area (TPSA) is 84.3 Å². The first kappa shape index (κ1) is 15.0. The van der Waals surface area contributed by atoms with Gasteiger partial charge in [-0.1, -0.05) is 0 Å². The number of anilines is 2. The van der Waals surface area contributed by atoms with Gasteiger partial charge in [-0.15, -0.1) is 12.4 Å². The maximum atomic E-state index is 8.60. The molecule has 1 aromatic carbocycles. The molecule has 0 amide bonds. The average molecular weight is 246 g/mol.